The van der Waals surface area contributed by atoms with Crippen LogP contribution in [0.25, 0.3) is 0 Å². The predicted molar refractivity (Wildman–Crippen MR) is 75.4 cm³/mol. The van der Waals surface area contributed by atoms with Crippen LogP contribution in [-0.4, -0.2) is 5.78 Å². The summed E-state index contributed by atoms with van der Waals surface area (Å²) in [5, 5.41) is 0. The molecule has 0 heterocycles. The van der Waals surface area contributed by atoms with Crippen LogP contribution in [0.15, 0.2) is 40.9 Å². The number of hydrogen-bond donors (Lipinski definition) is 0. The smallest absolute Gasteiger partial charge is 0.165 e. The van der Waals surface area contributed by atoms with Gasteiger partial charge >= 0.3 is 0 Å². The molecule has 0 N–H and O–H groups in total. The Bertz CT molecular complexity index is 638. The van der Waals surface area contributed by atoms with Crippen molar-refractivity contribution in [2.45, 2.75) is 13.8 Å². The summed E-state index contributed by atoms with van der Waals surface area (Å²) in [5.41, 5.74) is 1.48. The lowest BCUT2D eigenvalue weighted by molar-refractivity contribution is 0.101. The lowest BCUT2D eigenvalue weighted by Crippen LogP contribution is -1.95. The lowest BCUT2D eigenvalue weighted by Gasteiger charge is -2.09. The second kappa shape index (κ2) is 5.53. The molecule has 98 valence electrons. The highest BCUT2D eigenvalue weighted by Crippen LogP contribution is 2.29. The molecule has 0 atom stereocenters. The highest BCUT2D eigenvalue weighted by molar-refractivity contribution is 9.10. The van der Waals surface area contributed by atoms with E-state index in [0.717, 1.165) is 5.56 Å². The van der Waals surface area contributed by atoms with Crippen LogP contribution >= 0.6 is 15.9 Å². The first-order valence-corrected chi connectivity index (χ1v) is 6.51. The van der Waals surface area contributed by atoms with E-state index < -0.39 is 5.82 Å². The second-order valence-electron chi connectivity index (χ2n) is 4.23. The number of ether oxygens (including phenoxy) is 1. The number of Topliss-reactive ketones (excluding diaryl/α,β-unsaturated/α-hetero) is 1. The highest BCUT2D eigenvalue weighted by Gasteiger charge is 2.09. The molecule has 0 unspecified atom stereocenters. The summed E-state index contributed by atoms with van der Waals surface area (Å²) in [5.74, 6) is 0.182. The van der Waals surface area contributed by atoms with Gasteiger partial charge in [-0.25, -0.2) is 4.39 Å². The van der Waals surface area contributed by atoms with E-state index in [4.69, 9.17) is 4.74 Å². The van der Waals surface area contributed by atoms with Crippen LogP contribution in [0.1, 0.15) is 22.8 Å². The predicted octanol–water partition coefficient (Wildman–Crippen LogP) is 4.89. The summed E-state index contributed by atoms with van der Waals surface area (Å²) in [6.45, 7) is 3.35. The van der Waals surface area contributed by atoms with Gasteiger partial charge in [-0.3, -0.25) is 4.79 Å². The Morgan fingerprint density at radius 1 is 1.21 bits per heavy atom. The van der Waals surface area contributed by atoms with E-state index in [1.54, 1.807) is 30.3 Å². The van der Waals surface area contributed by atoms with Crippen LogP contribution < -0.4 is 4.74 Å². The van der Waals surface area contributed by atoms with E-state index in [9.17, 15) is 9.18 Å². The maximum atomic E-state index is 13.6. The Morgan fingerprint density at radius 2 is 1.95 bits per heavy atom. The molecular weight excluding hydrogens is 311 g/mol. The molecule has 0 amide bonds. The molecule has 0 fully saturated rings. The fourth-order valence-corrected chi connectivity index (χ4v) is 2.30. The van der Waals surface area contributed by atoms with Crippen molar-refractivity contribution in [3.8, 4) is 11.5 Å². The van der Waals surface area contributed by atoms with Crippen molar-refractivity contribution in [2.24, 2.45) is 0 Å². The number of carbonyl (C=O) groups excluding carboxylic acids is 1. The monoisotopic (exact) mass is 322 g/mol. The lowest BCUT2D eigenvalue weighted by atomic mass is 10.1. The fraction of sp³-hybridized carbons (Fsp3) is 0.133. The number of rotatable bonds is 3. The van der Waals surface area contributed by atoms with Crippen LogP contribution in [0.3, 0.4) is 0 Å². The maximum Gasteiger partial charge on any atom is 0.165 e. The molecule has 0 aromatic heterocycles. The first kappa shape index (κ1) is 13.7. The maximum absolute atomic E-state index is 13.6. The third kappa shape index (κ3) is 3.20. The third-order valence-electron chi connectivity index (χ3n) is 2.63. The average molecular weight is 323 g/mol. The van der Waals surface area contributed by atoms with Gasteiger partial charge in [-0.2, -0.15) is 0 Å². The van der Waals surface area contributed by atoms with Crippen molar-refractivity contribution < 1.29 is 13.9 Å². The van der Waals surface area contributed by atoms with Gasteiger partial charge in [-0.05, 0) is 65.7 Å². The van der Waals surface area contributed by atoms with Crippen LogP contribution in [0.2, 0.25) is 0 Å². The van der Waals surface area contributed by atoms with E-state index in [2.05, 4.69) is 15.9 Å². The summed E-state index contributed by atoms with van der Waals surface area (Å²) in [6, 6.07) is 9.61. The molecule has 0 aliphatic rings. The number of hydrogen-bond acceptors (Lipinski definition) is 2. The molecule has 2 aromatic rings. The van der Waals surface area contributed by atoms with E-state index in [1.807, 2.05) is 6.92 Å². The minimum Gasteiger partial charge on any atom is -0.454 e. The minimum atomic E-state index is -0.419. The number of benzene rings is 2. The van der Waals surface area contributed by atoms with Crippen molar-refractivity contribution >= 4 is 21.7 Å². The summed E-state index contributed by atoms with van der Waals surface area (Å²) >= 11 is 3.30. The van der Waals surface area contributed by atoms with Crippen molar-refractivity contribution in [1.29, 1.82) is 0 Å². The van der Waals surface area contributed by atoms with Crippen molar-refractivity contribution in [3.63, 3.8) is 0 Å². The Hall–Kier alpha value is -1.68. The van der Waals surface area contributed by atoms with Crippen LogP contribution in [0.5, 0.6) is 11.5 Å². The summed E-state index contributed by atoms with van der Waals surface area (Å²) in [7, 11) is 0. The van der Waals surface area contributed by atoms with Gasteiger partial charge in [0, 0.05) is 10.0 Å². The molecule has 0 spiro atoms. The molecular formula is C15H12BrFO2. The average Bonchev–Trinajstić information content (AvgIpc) is 2.33. The Morgan fingerprint density at radius 3 is 2.58 bits per heavy atom. The zero-order valence-electron chi connectivity index (χ0n) is 10.5. The Balaban J connectivity index is 2.31. The molecule has 0 bridgehead atoms. The summed E-state index contributed by atoms with van der Waals surface area (Å²) < 4.78 is 19.7. The van der Waals surface area contributed by atoms with E-state index in [-0.39, 0.29) is 11.5 Å². The van der Waals surface area contributed by atoms with Crippen molar-refractivity contribution in [3.05, 3.63) is 57.8 Å². The Kier molecular flexibility index (Phi) is 4.00. The molecule has 0 saturated carbocycles. The highest BCUT2D eigenvalue weighted by atomic mass is 79.9. The fourth-order valence-electron chi connectivity index (χ4n) is 1.66. The Labute approximate surface area is 119 Å². The number of aryl methyl sites for hydroxylation is 1. The van der Waals surface area contributed by atoms with Gasteiger partial charge in [0.15, 0.2) is 17.3 Å². The van der Waals surface area contributed by atoms with Gasteiger partial charge in [0.2, 0.25) is 0 Å². The quantitative estimate of drug-likeness (QED) is 0.752. The molecule has 2 rings (SSSR count). The summed E-state index contributed by atoms with van der Waals surface area (Å²) in [4.78, 5) is 11.3. The number of carbonyl (C=O) groups is 1. The zero-order chi connectivity index (χ0) is 14.0. The van der Waals surface area contributed by atoms with Gasteiger partial charge in [0.1, 0.15) is 5.75 Å². The van der Waals surface area contributed by atoms with E-state index in [0.29, 0.717) is 15.8 Å². The standard InChI is InChI=1S/C15H12BrFO2/c1-9-3-6-14(17)15(7-9)19-11-4-5-12(10(2)18)13(16)8-11/h3-8H,1-2H3. The minimum absolute atomic E-state index is 0.0415. The van der Waals surface area contributed by atoms with Crippen LogP contribution in [0, 0.1) is 12.7 Å². The van der Waals surface area contributed by atoms with Gasteiger partial charge in [0.25, 0.3) is 0 Å². The topological polar surface area (TPSA) is 26.3 Å². The molecule has 19 heavy (non-hydrogen) atoms. The molecule has 0 aliphatic heterocycles. The van der Waals surface area contributed by atoms with E-state index >= 15 is 0 Å². The largest absolute Gasteiger partial charge is 0.454 e. The van der Waals surface area contributed by atoms with Crippen molar-refractivity contribution in [1.82, 2.24) is 0 Å². The molecule has 0 radical (unpaired) electrons. The summed E-state index contributed by atoms with van der Waals surface area (Å²) in [6.07, 6.45) is 0. The van der Waals surface area contributed by atoms with Gasteiger partial charge < -0.3 is 4.74 Å². The second-order valence-corrected chi connectivity index (χ2v) is 5.09. The van der Waals surface area contributed by atoms with Gasteiger partial charge in [-0.1, -0.05) is 6.07 Å². The van der Waals surface area contributed by atoms with Gasteiger partial charge in [0.05, 0.1) is 0 Å². The van der Waals surface area contributed by atoms with Crippen LogP contribution in [-0.2, 0) is 0 Å². The first-order valence-electron chi connectivity index (χ1n) is 5.72. The first-order chi connectivity index (χ1) is 8.97. The van der Waals surface area contributed by atoms with Crippen molar-refractivity contribution in [2.75, 3.05) is 0 Å². The number of halogens is 2. The molecule has 0 aliphatic carbocycles. The molecule has 4 heteroatoms. The SMILES string of the molecule is CC(=O)c1ccc(Oc2cc(C)ccc2F)cc1Br. The zero-order valence-corrected chi connectivity index (χ0v) is 12.1. The van der Waals surface area contributed by atoms with Crippen LogP contribution in [0.4, 0.5) is 4.39 Å². The molecule has 0 saturated heterocycles. The number of ketones is 1. The molecule has 2 aromatic carbocycles. The third-order valence-corrected chi connectivity index (χ3v) is 3.29. The normalized spacial score (nSPS) is 10.3. The van der Waals surface area contributed by atoms with Gasteiger partial charge in [-0.15, -0.1) is 0 Å². The van der Waals surface area contributed by atoms with E-state index in [1.165, 1.54) is 13.0 Å². The molecule has 2 nitrogen and oxygen atoms in total.